The Morgan fingerprint density at radius 3 is 3.05 bits per heavy atom. The molecule has 2 heterocycles. The fourth-order valence-corrected chi connectivity index (χ4v) is 2.51. The van der Waals surface area contributed by atoms with E-state index in [1.165, 1.54) is 12.3 Å². The molecule has 0 aromatic carbocycles. The van der Waals surface area contributed by atoms with Crippen LogP contribution in [0.2, 0.25) is 0 Å². The smallest absolute Gasteiger partial charge is 0.288 e. The van der Waals surface area contributed by atoms with E-state index in [-0.39, 0.29) is 17.8 Å². The average Bonchev–Trinajstić information content (AvgIpc) is 2.40. The van der Waals surface area contributed by atoms with E-state index in [9.17, 15) is 10.1 Å². The molecule has 0 aliphatic carbocycles. The van der Waals surface area contributed by atoms with Gasteiger partial charge in [-0.15, -0.1) is 0 Å². The van der Waals surface area contributed by atoms with Crippen molar-refractivity contribution in [1.29, 1.82) is 0 Å². The van der Waals surface area contributed by atoms with Crippen LogP contribution in [0.15, 0.2) is 16.7 Å². The molecule has 2 atom stereocenters. The zero-order valence-corrected chi connectivity index (χ0v) is 13.0. The van der Waals surface area contributed by atoms with Gasteiger partial charge in [0.1, 0.15) is 12.0 Å². The number of pyridine rings is 1. The van der Waals surface area contributed by atoms with Crippen LogP contribution in [0.25, 0.3) is 0 Å². The Bertz CT molecular complexity index is 500. The highest BCUT2D eigenvalue weighted by atomic mass is 79.9. The minimum atomic E-state index is -0.468. The van der Waals surface area contributed by atoms with Gasteiger partial charge in [0.15, 0.2) is 0 Å². The number of hydrogen-bond acceptors (Lipinski definition) is 6. The molecule has 1 aliphatic heterocycles. The largest absolute Gasteiger partial charge is 0.373 e. The predicted octanol–water partition coefficient (Wildman–Crippen LogP) is 1.88. The third-order valence-electron chi connectivity index (χ3n) is 3.26. The molecular formula is C12H17BrN4O3. The highest BCUT2D eigenvalue weighted by Gasteiger charge is 2.24. The van der Waals surface area contributed by atoms with Crippen LogP contribution in [0.5, 0.6) is 0 Å². The molecule has 0 saturated carbocycles. The second-order valence-electron chi connectivity index (χ2n) is 4.89. The van der Waals surface area contributed by atoms with Crippen molar-refractivity contribution >= 4 is 27.4 Å². The summed E-state index contributed by atoms with van der Waals surface area (Å²) >= 11 is 3.30. The highest BCUT2D eigenvalue weighted by Crippen LogP contribution is 2.25. The summed E-state index contributed by atoms with van der Waals surface area (Å²) in [5, 5.41) is 13.9. The lowest BCUT2D eigenvalue weighted by Crippen LogP contribution is -2.47. The lowest BCUT2D eigenvalue weighted by molar-refractivity contribution is -0.385. The van der Waals surface area contributed by atoms with Gasteiger partial charge in [0, 0.05) is 19.2 Å². The van der Waals surface area contributed by atoms with E-state index in [1.54, 1.807) is 0 Å². The lowest BCUT2D eigenvalue weighted by Gasteiger charge is -2.34. The molecule has 2 rings (SSSR count). The molecule has 1 N–H and O–H groups in total. The maximum Gasteiger partial charge on any atom is 0.288 e. The normalized spacial score (nSPS) is 21.4. The first kappa shape index (κ1) is 15.1. The van der Waals surface area contributed by atoms with Crippen LogP contribution in [0.1, 0.15) is 6.92 Å². The summed E-state index contributed by atoms with van der Waals surface area (Å²) < 4.78 is 6.30. The molecule has 1 saturated heterocycles. The zero-order valence-electron chi connectivity index (χ0n) is 11.4. The first-order valence-corrected chi connectivity index (χ1v) is 7.13. The molecule has 2 unspecified atom stereocenters. The Morgan fingerprint density at radius 1 is 1.70 bits per heavy atom. The monoisotopic (exact) mass is 344 g/mol. The highest BCUT2D eigenvalue weighted by molar-refractivity contribution is 9.10. The number of nitro groups is 1. The number of anilines is 1. The van der Waals surface area contributed by atoms with Crippen molar-refractivity contribution in [3.8, 4) is 0 Å². The standard InChI is InChI=1S/C12H17BrN4O3/c1-8(11-7-16(2)3-4-20-11)15-12-10(13)5-9(6-14-12)17(18)19/h5-6,8,11H,3-4,7H2,1-2H3,(H,14,15). The quantitative estimate of drug-likeness (QED) is 0.663. The molecule has 1 aromatic rings. The number of ether oxygens (including phenoxy) is 1. The zero-order chi connectivity index (χ0) is 14.7. The van der Waals surface area contributed by atoms with Crippen LogP contribution in [0, 0.1) is 10.1 Å². The minimum absolute atomic E-state index is 0.0382. The molecule has 7 nitrogen and oxygen atoms in total. The van der Waals surface area contributed by atoms with Crippen LogP contribution in [-0.4, -0.2) is 53.7 Å². The van der Waals surface area contributed by atoms with Gasteiger partial charge < -0.3 is 15.0 Å². The summed E-state index contributed by atoms with van der Waals surface area (Å²) in [6.45, 7) is 4.50. The first-order valence-electron chi connectivity index (χ1n) is 6.34. The Kier molecular flexibility index (Phi) is 4.90. The van der Waals surface area contributed by atoms with E-state index in [2.05, 4.69) is 38.2 Å². The number of aromatic nitrogens is 1. The summed E-state index contributed by atoms with van der Waals surface area (Å²) in [5.74, 6) is 0.583. The molecular weight excluding hydrogens is 328 g/mol. The van der Waals surface area contributed by atoms with E-state index in [0.29, 0.717) is 16.9 Å². The Morgan fingerprint density at radius 2 is 2.45 bits per heavy atom. The maximum atomic E-state index is 10.7. The van der Waals surface area contributed by atoms with Gasteiger partial charge in [0.05, 0.1) is 28.1 Å². The first-order chi connectivity index (χ1) is 9.47. The van der Waals surface area contributed by atoms with Crippen molar-refractivity contribution in [2.75, 3.05) is 32.1 Å². The van der Waals surface area contributed by atoms with Gasteiger partial charge in [-0.25, -0.2) is 4.98 Å². The summed E-state index contributed by atoms with van der Waals surface area (Å²) in [4.78, 5) is 16.5. The third-order valence-corrected chi connectivity index (χ3v) is 3.86. The molecule has 1 fully saturated rings. The van der Waals surface area contributed by atoms with Gasteiger partial charge in [-0.3, -0.25) is 10.1 Å². The molecule has 0 amide bonds. The van der Waals surface area contributed by atoms with Crippen molar-refractivity contribution in [3.05, 3.63) is 26.9 Å². The van der Waals surface area contributed by atoms with E-state index >= 15 is 0 Å². The maximum absolute atomic E-state index is 10.7. The number of likely N-dealkylation sites (N-methyl/N-ethyl adjacent to an activating group) is 1. The van der Waals surface area contributed by atoms with E-state index < -0.39 is 4.92 Å². The van der Waals surface area contributed by atoms with Gasteiger partial charge >= 0.3 is 0 Å². The SMILES string of the molecule is CC(Nc1ncc([N+](=O)[O-])cc1Br)C1CN(C)CCO1. The number of halogens is 1. The Hall–Kier alpha value is -1.25. The fraction of sp³-hybridized carbons (Fsp3) is 0.583. The van der Waals surface area contributed by atoms with Crippen molar-refractivity contribution in [2.24, 2.45) is 0 Å². The van der Waals surface area contributed by atoms with Gasteiger partial charge in [-0.2, -0.15) is 0 Å². The number of hydrogen-bond donors (Lipinski definition) is 1. The molecule has 20 heavy (non-hydrogen) atoms. The van der Waals surface area contributed by atoms with Gasteiger partial charge in [-0.05, 0) is 29.9 Å². The topological polar surface area (TPSA) is 80.5 Å². The summed E-state index contributed by atoms with van der Waals surface area (Å²) in [7, 11) is 2.06. The van der Waals surface area contributed by atoms with Crippen LogP contribution in [-0.2, 0) is 4.74 Å². The number of nitrogens with zero attached hydrogens (tertiary/aromatic N) is 3. The summed E-state index contributed by atoms with van der Waals surface area (Å²) in [6, 6.07) is 1.50. The van der Waals surface area contributed by atoms with Crippen molar-refractivity contribution in [2.45, 2.75) is 19.1 Å². The summed E-state index contributed by atoms with van der Waals surface area (Å²) in [5.41, 5.74) is -0.0382. The fourth-order valence-electron chi connectivity index (χ4n) is 2.06. The van der Waals surface area contributed by atoms with Gasteiger partial charge in [0.2, 0.25) is 0 Å². The molecule has 0 spiro atoms. The van der Waals surface area contributed by atoms with Crippen molar-refractivity contribution < 1.29 is 9.66 Å². The molecule has 110 valence electrons. The van der Waals surface area contributed by atoms with Gasteiger partial charge in [0.25, 0.3) is 5.69 Å². The van der Waals surface area contributed by atoms with Crippen molar-refractivity contribution in [1.82, 2.24) is 9.88 Å². The van der Waals surface area contributed by atoms with E-state index in [1.807, 2.05) is 6.92 Å². The van der Waals surface area contributed by atoms with Crippen LogP contribution < -0.4 is 5.32 Å². The van der Waals surface area contributed by atoms with Crippen molar-refractivity contribution in [3.63, 3.8) is 0 Å². The third kappa shape index (κ3) is 3.65. The molecule has 1 aromatic heterocycles. The molecule has 8 heteroatoms. The second-order valence-corrected chi connectivity index (χ2v) is 5.74. The Labute approximate surface area is 125 Å². The van der Waals surface area contributed by atoms with Crippen LogP contribution >= 0.6 is 15.9 Å². The predicted molar refractivity (Wildman–Crippen MR) is 78.9 cm³/mol. The average molecular weight is 345 g/mol. The van der Waals surface area contributed by atoms with Crippen LogP contribution in [0.3, 0.4) is 0 Å². The number of morpholine rings is 1. The van der Waals surface area contributed by atoms with Crippen LogP contribution in [0.4, 0.5) is 11.5 Å². The van der Waals surface area contributed by atoms with Gasteiger partial charge in [-0.1, -0.05) is 0 Å². The second kappa shape index (κ2) is 6.47. The molecule has 0 bridgehead atoms. The van der Waals surface area contributed by atoms with E-state index in [4.69, 9.17) is 4.74 Å². The number of rotatable bonds is 4. The minimum Gasteiger partial charge on any atom is -0.373 e. The molecule has 1 aliphatic rings. The Balaban J connectivity index is 2.03. The van der Waals surface area contributed by atoms with E-state index in [0.717, 1.165) is 13.1 Å². The molecule has 0 radical (unpaired) electrons. The lowest BCUT2D eigenvalue weighted by atomic mass is 10.1. The summed E-state index contributed by atoms with van der Waals surface area (Å²) in [6.07, 6.45) is 1.31. The number of nitrogens with one attached hydrogen (secondary N) is 1.